The van der Waals surface area contributed by atoms with E-state index in [1.165, 1.54) is 18.3 Å². The highest BCUT2D eigenvalue weighted by Gasteiger charge is 2.56. The Bertz CT molecular complexity index is 772. The Kier molecular flexibility index (Phi) is 3.49. The van der Waals surface area contributed by atoms with E-state index in [0.717, 1.165) is 17.9 Å². The molecule has 2 amide bonds. The number of benzene rings is 1. The van der Waals surface area contributed by atoms with Crippen LogP contribution in [0, 0.1) is 23.7 Å². The Morgan fingerprint density at radius 1 is 1.04 bits per heavy atom. The zero-order valence-electron chi connectivity index (χ0n) is 12.6. The first kappa shape index (κ1) is 15.4. The largest absolute Gasteiger partial charge is 0.507 e. The highest BCUT2D eigenvalue weighted by atomic mass is 79.9. The number of hydrogen-bond donors (Lipinski definition) is 2. The number of amides is 2. The fraction of sp³-hybridized carbons (Fsp3) is 0.353. The van der Waals surface area contributed by atoms with Gasteiger partial charge in [-0.3, -0.25) is 9.59 Å². The van der Waals surface area contributed by atoms with Gasteiger partial charge in [-0.05, 0) is 46.7 Å². The summed E-state index contributed by atoms with van der Waals surface area (Å²) in [5, 5.41) is 24.3. The van der Waals surface area contributed by atoms with Gasteiger partial charge in [0, 0.05) is 11.6 Å². The zero-order chi connectivity index (χ0) is 17.0. The summed E-state index contributed by atoms with van der Waals surface area (Å²) >= 11 is 3.15. The Balaban J connectivity index is 1.63. The minimum absolute atomic E-state index is 0.105. The van der Waals surface area contributed by atoms with E-state index < -0.39 is 0 Å². The number of halogens is 1. The van der Waals surface area contributed by atoms with Crippen molar-refractivity contribution >= 4 is 34.0 Å². The summed E-state index contributed by atoms with van der Waals surface area (Å²) in [5.41, 5.74) is 0.302. The minimum atomic E-state index is -0.307. The molecule has 24 heavy (non-hydrogen) atoms. The third-order valence-electron chi connectivity index (χ3n) is 5.14. The summed E-state index contributed by atoms with van der Waals surface area (Å²) in [4.78, 5) is 25.2. The zero-order valence-corrected chi connectivity index (χ0v) is 14.2. The number of carbonyl (C=O) groups is 2. The van der Waals surface area contributed by atoms with Gasteiger partial charge in [-0.2, -0.15) is 10.1 Å². The second kappa shape index (κ2) is 5.44. The number of allylic oxidation sites excluding steroid dienone is 2. The van der Waals surface area contributed by atoms with E-state index in [9.17, 15) is 19.8 Å². The lowest BCUT2D eigenvalue weighted by atomic mass is 9.63. The summed E-state index contributed by atoms with van der Waals surface area (Å²) in [6, 6.07) is 2.64. The molecule has 0 unspecified atom stereocenters. The van der Waals surface area contributed by atoms with Gasteiger partial charge in [0.2, 0.25) is 0 Å². The lowest BCUT2D eigenvalue weighted by molar-refractivity contribution is -0.140. The van der Waals surface area contributed by atoms with Crippen LogP contribution in [0.15, 0.2) is 33.9 Å². The normalized spacial score (nSPS) is 31.3. The topological polar surface area (TPSA) is 90.2 Å². The number of phenols is 2. The second-order valence-electron chi connectivity index (χ2n) is 6.44. The van der Waals surface area contributed by atoms with E-state index in [4.69, 9.17) is 0 Å². The van der Waals surface area contributed by atoms with Crippen molar-refractivity contribution in [1.29, 1.82) is 0 Å². The van der Waals surface area contributed by atoms with Gasteiger partial charge in [-0.1, -0.05) is 12.2 Å². The maximum absolute atomic E-state index is 12.6. The fourth-order valence-electron chi connectivity index (χ4n) is 3.96. The second-order valence-corrected chi connectivity index (χ2v) is 7.29. The monoisotopic (exact) mass is 390 g/mol. The van der Waals surface area contributed by atoms with Crippen LogP contribution in [0.4, 0.5) is 0 Å². The van der Waals surface area contributed by atoms with Crippen LogP contribution in [0.5, 0.6) is 11.5 Å². The molecular formula is C17H15BrN2O4. The highest BCUT2D eigenvalue weighted by molar-refractivity contribution is 9.10. The maximum atomic E-state index is 12.6. The summed E-state index contributed by atoms with van der Waals surface area (Å²) in [5.74, 6) is -1.20. The van der Waals surface area contributed by atoms with Gasteiger partial charge in [0.15, 0.2) is 0 Å². The average molecular weight is 391 g/mol. The first-order chi connectivity index (χ1) is 11.5. The van der Waals surface area contributed by atoms with E-state index in [0.29, 0.717) is 10.0 Å². The molecule has 124 valence electrons. The number of imide groups is 1. The van der Waals surface area contributed by atoms with Crippen LogP contribution in [-0.4, -0.2) is 33.3 Å². The number of aromatic hydroxyl groups is 2. The molecule has 2 fully saturated rings. The molecule has 1 aromatic carbocycles. The molecule has 0 spiro atoms. The Hall–Kier alpha value is -2.15. The summed E-state index contributed by atoms with van der Waals surface area (Å²) in [7, 11) is 0. The lowest BCUT2D eigenvalue weighted by Crippen LogP contribution is -2.38. The SMILES string of the molecule is O=C1[C@@H]2[C@@H](C(=O)N1/N=C\c1cc(Br)c(O)cc1O)[C@@H]1C=C[C@@H]2CC1. The van der Waals surface area contributed by atoms with Crippen molar-refractivity contribution in [2.75, 3.05) is 0 Å². The van der Waals surface area contributed by atoms with Crippen LogP contribution in [0.25, 0.3) is 0 Å². The number of fused-ring (bicyclic) bond motifs is 1. The molecule has 7 heteroatoms. The van der Waals surface area contributed by atoms with Crippen LogP contribution in [-0.2, 0) is 9.59 Å². The predicted octanol–water partition coefficient (Wildman–Crippen LogP) is 2.39. The Labute approximate surface area is 146 Å². The molecule has 2 bridgehead atoms. The first-order valence-corrected chi connectivity index (χ1v) is 8.58. The molecule has 1 saturated heterocycles. The van der Waals surface area contributed by atoms with Crippen molar-refractivity contribution in [2.24, 2.45) is 28.8 Å². The maximum Gasteiger partial charge on any atom is 0.254 e. The van der Waals surface area contributed by atoms with Crippen LogP contribution in [0.3, 0.4) is 0 Å². The molecule has 6 nitrogen and oxygen atoms in total. The van der Waals surface area contributed by atoms with Crippen LogP contribution in [0.2, 0.25) is 0 Å². The number of carbonyl (C=O) groups excluding carboxylic acids is 2. The van der Waals surface area contributed by atoms with Crippen LogP contribution < -0.4 is 0 Å². The standard InChI is InChI=1S/C17H15BrN2O4/c18-11-5-10(12(21)6-13(11)22)7-19-20-16(23)14-8-1-2-9(4-3-8)15(14)17(20)24/h1-2,5-9,14-15,21-22H,3-4H2/b19-7-/t8-,9-,14+,15+/m1/s1. The highest BCUT2D eigenvalue weighted by Crippen LogP contribution is 2.49. The van der Waals surface area contributed by atoms with E-state index in [2.05, 4.69) is 33.2 Å². The van der Waals surface area contributed by atoms with Gasteiger partial charge in [0.25, 0.3) is 11.8 Å². The van der Waals surface area contributed by atoms with Gasteiger partial charge in [0.05, 0.1) is 22.5 Å². The van der Waals surface area contributed by atoms with Crippen molar-refractivity contribution in [1.82, 2.24) is 5.01 Å². The van der Waals surface area contributed by atoms with Crippen molar-refractivity contribution in [3.05, 3.63) is 34.3 Å². The van der Waals surface area contributed by atoms with Crippen molar-refractivity contribution < 1.29 is 19.8 Å². The van der Waals surface area contributed by atoms with E-state index >= 15 is 0 Å². The van der Waals surface area contributed by atoms with Crippen LogP contribution in [0.1, 0.15) is 18.4 Å². The Morgan fingerprint density at radius 2 is 1.62 bits per heavy atom. The summed E-state index contributed by atoms with van der Waals surface area (Å²) in [6.07, 6.45) is 7.24. The molecule has 1 heterocycles. The van der Waals surface area contributed by atoms with Crippen molar-refractivity contribution in [3.8, 4) is 11.5 Å². The van der Waals surface area contributed by atoms with Crippen molar-refractivity contribution in [3.63, 3.8) is 0 Å². The molecule has 3 aliphatic carbocycles. The van der Waals surface area contributed by atoms with E-state index in [1.807, 2.05) is 0 Å². The molecule has 2 N–H and O–H groups in total. The molecule has 1 aliphatic heterocycles. The molecule has 0 radical (unpaired) electrons. The molecule has 4 aliphatic rings. The molecule has 5 rings (SSSR count). The third-order valence-corrected chi connectivity index (χ3v) is 5.78. The Morgan fingerprint density at radius 3 is 2.17 bits per heavy atom. The molecule has 4 atom stereocenters. The third kappa shape index (κ3) is 2.18. The number of hydrazone groups is 1. The average Bonchev–Trinajstić information content (AvgIpc) is 2.84. The number of nitrogens with zero attached hydrogens (tertiary/aromatic N) is 2. The first-order valence-electron chi connectivity index (χ1n) is 7.79. The lowest BCUT2D eigenvalue weighted by Gasteiger charge is -2.37. The minimum Gasteiger partial charge on any atom is -0.507 e. The molecule has 1 saturated carbocycles. The summed E-state index contributed by atoms with van der Waals surface area (Å²) < 4.78 is 0.386. The predicted molar refractivity (Wildman–Crippen MR) is 89.3 cm³/mol. The summed E-state index contributed by atoms with van der Waals surface area (Å²) in [6.45, 7) is 0. The number of rotatable bonds is 2. The van der Waals surface area contributed by atoms with E-state index in [-0.39, 0.29) is 47.0 Å². The number of hydrogen-bond acceptors (Lipinski definition) is 5. The fourth-order valence-corrected chi connectivity index (χ4v) is 4.32. The van der Waals surface area contributed by atoms with E-state index in [1.54, 1.807) is 0 Å². The van der Waals surface area contributed by atoms with Gasteiger partial charge in [0.1, 0.15) is 11.5 Å². The molecular weight excluding hydrogens is 376 g/mol. The van der Waals surface area contributed by atoms with Gasteiger partial charge in [-0.25, -0.2) is 0 Å². The smallest absolute Gasteiger partial charge is 0.254 e. The molecule has 0 aromatic heterocycles. The van der Waals surface area contributed by atoms with Crippen LogP contribution >= 0.6 is 15.9 Å². The molecule has 1 aromatic rings. The van der Waals surface area contributed by atoms with Gasteiger partial charge < -0.3 is 10.2 Å². The quantitative estimate of drug-likeness (QED) is 0.460. The van der Waals surface area contributed by atoms with Gasteiger partial charge in [-0.15, -0.1) is 0 Å². The number of phenolic OH excluding ortho intramolecular Hbond substituents is 2. The van der Waals surface area contributed by atoms with Gasteiger partial charge >= 0.3 is 0 Å². The van der Waals surface area contributed by atoms with Crippen molar-refractivity contribution in [2.45, 2.75) is 12.8 Å².